The zero-order valence-corrected chi connectivity index (χ0v) is 9.88. The number of benzene rings is 1. The molecule has 0 atom stereocenters. The van der Waals surface area contributed by atoms with Crippen molar-refractivity contribution in [2.24, 2.45) is 0 Å². The lowest BCUT2D eigenvalue weighted by atomic mass is 10.1. The van der Waals surface area contributed by atoms with Gasteiger partial charge in [0.15, 0.2) is 0 Å². The summed E-state index contributed by atoms with van der Waals surface area (Å²) in [6.45, 7) is 1.46. The average Bonchev–Trinajstić information content (AvgIpc) is 2.26. The number of esters is 1. The van der Waals surface area contributed by atoms with E-state index < -0.39 is 18.6 Å². The zero-order chi connectivity index (χ0) is 13.8. The summed E-state index contributed by atoms with van der Waals surface area (Å²) in [6.07, 6.45) is -5.45. The highest BCUT2D eigenvalue weighted by atomic mass is 19.4. The summed E-state index contributed by atoms with van der Waals surface area (Å²) in [7, 11) is 0. The molecule has 1 aromatic carbocycles. The average molecular weight is 261 g/mol. The van der Waals surface area contributed by atoms with Crippen molar-refractivity contribution in [3.63, 3.8) is 0 Å². The molecule has 0 bridgehead atoms. The van der Waals surface area contributed by atoms with E-state index in [4.69, 9.17) is 10.5 Å². The number of hydrogen-bond acceptors (Lipinski definition) is 3. The number of nitrogen functional groups attached to an aromatic ring is 1. The Bertz CT molecular complexity index is 430. The lowest BCUT2D eigenvalue weighted by Gasteiger charge is -2.09. The number of anilines is 1. The molecule has 0 aliphatic carbocycles. The van der Waals surface area contributed by atoms with Gasteiger partial charge in [0.25, 0.3) is 0 Å². The van der Waals surface area contributed by atoms with Crippen molar-refractivity contribution >= 4 is 11.7 Å². The Morgan fingerprint density at radius 3 is 2.67 bits per heavy atom. The SMILES string of the molecule is Cc1cccc(C(=O)OCCCC(F)(F)F)c1N. The maximum absolute atomic E-state index is 11.9. The molecule has 0 amide bonds. The largest absolute Gasteiger partial charge is 0.462 e. The minimum Gasteiger partial charge on any atom is -0.462 e. The van der Waals surface area contributed by atoms with Crippen LogP contribution in [0.15, 0.2) is 18.2 Å². The molecule has 1 rings (SSSR count). The summed E-state index contributed by atoms with van der Waals surface area (Å²) in [6, 6.07) is 4.85. The van der Waals surface area contributed by atoms with Crippen LogP contribution in [0.1, 0.15) is 28.8 Å². The van der Waals surface area contributed by atoms with Crippen molar-refractivity contribution in [3.8, 4) is 0 Å². The van der Waals surface area contributed by atoms with Crippen LogP contribution in [0.5, 0.6) is 0 Å². The van der Waals surface area contributed by atoms with Gasteiger partial charge in [0, 0.05) is 12.1 Å². The van der Waals surface area contributed by atoms with E-state index in [-0.39, 0.29) is 18.6 Å². The molecule has 0 saturated heterocycles. The molecule has 0 unspecified atom stereocenters. The van der Waals surface area contributed by atoms with Crippen LogP contribution in [0.25, 0.3) is 0 Å². The van der Waals surface area contributed by atoms with E-state index >= 15 is 0 Å². The van der Waals surface area contributed by atoms with E-state index in [1.54, 1.807) is 19.1 Å². The minimum absolute atomic E-state index is 0.182. The van der Waals surface area contributed by atoms with Gasteiger partial charge in [0.05, 0.1) is 12.2 Å². The van der Waals surface area contributed by atoms with Crippen LogP contribution in [0.2, 0.25) is 0 Å². The van der Waals surface area contributed by atoms with Crippen LogP contribution in [-0.4, -0.2) is 18.8 Å². The molecule has 0 fully saturated rings. The third-order valence-electron chi connectivity index (χ3n) is 2.38. The van der Waals surface area contributed by atoms with Gasteiger partial charge in [-0.2, -0.15) is 13.2 Å². The highest BCUT2D eigenvalue weighted by Crippen LogP contribution is 2.22. The number of carbonyl (C=O) groups excluding carboxylic acids is 1. The number of aryl methyl sites for hydroxylation is 1. The third kappa shape index (κ3) is 4.27. The summed E-state index contributed by atoms with van der Waals surface area (Å²) < 4.78 is 40.3. The number of alkyl halides is 3. The van der Waals surface area contributed by atoms with Crippen molar-refractivity contribution in [3.05, 3.63) is 29.3 Å². The zero-order valence-electron chi connectivity index (χ0n) is 9.88. The third-order valence-corrected chi connectivity index (χ3v) is 2.38. The fraction of sp³-hybridized carbons (Fsp3) is 0.417. The standard InChI is InChI=1S/C12H14F3NO2/c1-8-4-2-5-9(10(8)16)11(17)18-7-3-6-12(13,14)15/h2,4-5H,3,6-7,16H2,1H3. The monoisotopic (exact) mass is 261 g/mol. The maximum Gasteiger partial charge on any atom is 0.389 e. The second kappa shape index (κ2) is 5.75. The van der Waals surface area contributed by atoms with E-state index in [1.165, 1.54) is 6.07 Å². The summed E-state index contributed by atoms with van der Waals surface area (Å²) in [4.78, 5) is 11.6. The van der Waals surface area contributed by atoms with Gasteiger partial charge < -0.3 is 10.5 Å². The summed E-state index contributed by atoms with van der Waals surface area (Å²) >= 11 is 0. The maximum atomic E-state index is 11.9. The van der Waals surface area contributed by atoms with Crippen LogP contribution < -0.4 is 5.73 Å². The number of rotatable bonds is 4. The molecule has 0 radical (unpaired) electrons. The lowest BCUT2D eigenvalue weighted by molar-refractivity contribution is -0.137. The van der Waals surface area contributed by atoms with Gasteiger partial charge in [0.2, 0.25) is 0 Å². The molecule has 0 heterocycles. The van der Waals surface area contributed by atoms with Crippen molar-refractivity contribution < 1.29 is 22.7 Å². The molecule has 0 aliphatic rings. The first-order chi connectivity index (χ1) is 8.31. The fourth-order valence-corrected chi connectivity index (χ4v) is 1.37. The lowest BCUT2D eigenvalue weighted by Crippen LogP contribution is -2.13. The Balaban J connectivity index is 2.49. The highest BCUT2D eigenvalue weighted by Gasteiger charge is 2.26. The van der Waals surface area contributed by atoms with E-state index in [9.17, 15) is 18.0 Å². The quantitative estimate of drug-likeness (QED) is 0.515. The Hall–Kier alpha value is -1.72. The van der Waals surface area contributed by atoms with Crippen LogP contribution in [0, 0.1) is 6.92 Å². The Morgan fingerprint density at radius 1 is 1.39 bits per heavy atom. The van der Waals surface area contributed by atoms with Gasteiger partial charge in [-0.15, -0.1) is 0 Å². The van der Waals surface area contributed by atoms with Crippen LogP contribution >= 0.6 is 0 Å². The second-order valence-electron chi connectivity index (χ2n) is 3.89. The van der Waals surface area contributed by atoms with E-state index in [2.05, 4.69) is 0 Å². The molecule has 18 heavy (non-hydrogen) atoms. The van der Waals surface area contributed by atoms with Gasteiger partial charge in [0.1, 0.15) is 0 Å². The van der Waals surface area contributed by atoms with Crippen molar-refractivity contribution in [1.29, 1.82) is 0 Å². The van der Waals surface area contributed by atoms with E-state index in [0.717, 1.165) is 5.56 Å². The summed E-state index contributed by atoms with van der Waals surface area (Å²) in [5.74, 6) is -0.696. The molecule has 100 valence electrons. The first kappa shape index (κ1) is 14.3. The summed E-state index contributed by atoms with van der Waals surface area (Å²) in [5, 5.41) is 0. The molecule has 1 aromatic rings. The first-order valence-corrected chi connectivity index (χ1v) is 5.40. The molecule has 3 nitrogen and oxygen atoms in total. The molecule has 2 N–H and O–H groups in total. The molecule has 0 saturated carbocycles. The number of ether oxygens (including phenoxy) is 1. The number of hydrogen-bond donors (Lipinski definition) is 1. The number of para-hydroxylation sites is 1. The molecule has 0 spiro atoms. The Kier molecular flexibility index (Phi) is 4.58. The highest BCUT2D eigenvalue weighted by molar-refractivity contribution is 5.95. The van der Waals surface area contributed by atoms with Gasteiger partial charge in [-0.25, -0.2) is 4.79 Å². The Morgan fingerprint density at radius 2 is 2.06 bits per heavy atom. The second-order valence-corrected chi connectivity index (χ2v) is 3.89. The van der Waals surface area contributed by atoms with E-state index in [1.807, 2.05) is 0 Å². The Labute approximate surface area is 103 Å². The molecular weight excluding hydrogens is 247 g/mol. The topological polar surface area (TPSA) is 52.3 Å². The summed E-state index contributed by atoms with van der Waals surface area (Å²) in [5.41, 5.74) is 6.87. The van der Waals surface area contributed by atoms with Crippen molar-refractivity contribution in [1.82, 2.24) is 0 Å². The smallest absolute Gasteiger partial charge is 0.389 e. The van der Waals surface area contributed by atoms with Crippen LogP contribution in [-0.2, 0) is 4.74 Å². The van der Waals surface area contributed by atoms with Crippen LogP contribution in [0.4, 0.5) is 18.9 Å². The number of halogens is 3. The van der Waals surface area contributed by atoms with Gasteiger partial charge in [-0.05, 0) is 25.0 Å². The molecule has 0 aromatic heterocycles. The van der Waals surface area contributed by atoms with Crippen molar-refractivity contribution in [2.75, 3.05) is 12.3 Å². The van der Waals surface area contributed by atoms with Gasteiger partial charge in [-0.1, -0.05) is 12.1 Å². The first-order valence-electron chi connectivity index (χ1n) is 5.40. The predicted octanol–water partition coefficient (Wildman–Crippen LogP) is 3.08. The molecule has 0 aliphatic heterocycles. The van der Waals surface area contributed by atoms with Gasteiger partial charge in [-0.3, -0.25) is 0 Å². The van der Waals surface area contributed by atoms with Crippen LogP contribution in [0.3, 0.4) is 0 Å². The predicted molar refractivity (Wildman–Crippen MR) is 61.2 cm³/mol. The molecule has 6 heteroatoms. The number of nitrogens with two attached hydrogens (primary N) is 1. The molecular formula is C12H14F3NO2. The van der Waals surface area contributed by atoms with Gasteiger partial charge >= 0.3 is 12.1 Å². The normalized spacial score (nSPS) is 11.3. The number of carbonyl (C=O) groups is 1. The van der Waals surface area contributed by atoms with Crippen molar-refractivity contribution in [2.45, 2.75) is 25.9 Å². The fourth-order valence-electron chi connectivity index (χ4n) is 1.37. The van der Waals surface area contributed by atoms with E-state index in [0.29, 0.717) is 5.69 Å². The minimum atomic E-state index is -4.23.